The van der Waals surface area contributed by atoms with Gasteiger partial charge in [0.15, 0.2) is 0 Å². The molecule has 0 atom stereocenters. The van der Waals surface area contributed by atoms with Gasteiger partial charge in [0.2, 0.25) is 0 Å². The Hall–Kier alpha value is -2.36. The number of ether oxygens (including phenoxy) is 1. The maximum Gasteiger partial charge on any atom is 0.269 e. The molecule has 0 bridgehead atoms. The van der Waals surface area contributed by atoms with Crippen LogP contribution in [-0.4, -0.2) is 4.92 Å². The van der Waals surface area contributed by atoms with Gasteiger partial charge in [0.25, 0.3) is 5.69 Å². The summed E-state index contributed by atoms with van der Waals surface area (Å²) in [5.41, 5.74) is 0.0395. The lowest BCUT2D eigenvalue weighted by Gasteiger charge is -2.05. The summed E-state index contributed by atoms with van der Waals surface area (Å²) in [6, 6.07) is 5.91. The van der Waals surface area contributed by atoms with Crippen LogP contribution in [0.4, 0.5) is 5.69 Å². The first-order valence-electron chi connectivity index (χ1n) is 5.05. The summed E-state index contributed by atoms with van der Waals surface area (Å²) >= 11 is 0. The SMILES string of the molecule is C=C/C=C(\C=C/C)Oc1ccc([N+](=O)[O-])cc1. The van der Waals surface area contributed by atoms with Gasteiger partial charge in [-0.15, -0.1) is 0 Å². The molecule has 0 aliphatic heterocycles. The Morgan fingerprint density at radius 2 is 2.06 bits per heavy atom. The van der Waals surface area contributed by atoms with Gasteiger partial charge in [0.05, 0.1) is 4.92 Å². The molecule has 0 heterocycles. The fourth-order valence-corrected chi connectivity index (χ4v) is 1.18. The number of benzene rings is 1. The predicted octanol–water partition coefficient (Wildman–Crippen LogP) is 3.62. The Balaban J connectivity index is 2.84. The molecule has 0 saturated carbocycles. The third-order valence-electron chi connectivity index (χ3n) is 1.90. The summed E-state index contributed by atoms with van der Waals surface area (Å²) in [7, 11) is 0. The zero-order chi connectivity index (χ0) is 12.7. The fourth-order valence-electron chi connectivity index (χ4n) is 1.18. The molecule has 1 rings (SSSR count). The maximum atomic E-state index is 10.5. The van der Waals surface area contributed by atoms with Crippen molar-refractivity contribution in [2.24, 2.45) is 0 Å². The second-order valence-corrected chi connectivity index (χ2v) is 3.16. The molecule has 1 aromatic carbocycles. The van der Waals surface area contributed by atoms with Crippen molar-refractivity contribution < 1.29 is 9.66 Å². The van der Waals surface area contributed by atoms with Crippen molar-refractivity contribution in [1.29, 1.82) is 0 Å². The van der Waals surface area contributed by atoms with E-state index in [0.29, 0.717) is 11.5 Å². The van der Waals surface area contributed by atoms with E-state index in [0.717, 1.165) is 0 Å². The standard InChI is InChI=1S/C13H13NO3/c1-3-5-12(6-4-2)17-13-9-7-11(8-10-13)14(15)16/h3-10H,1H2,2H3/b6-4-,12-5+. The van der Waals surface area contributed by atoms with Gasteiger partial charge >= 0.3 is 0 Å². The maximum absolute atomic E-state index is 10.5. The summed E-state index contributed by atoms with van der Waals surface area (Å²) in [4.78, 5) is 10.0. The smallest absolute Gasteiger partial charge is 0.269 e. The molecule has 0 aliphatic carbocycles. The number of nitrogens with zero attached hydrogens (tertiary/aromatic N) is 1. The third-order valence-corrected chi connectivity index (χ3v) is 1.90. The normalized spacial score (nSPS) is 11.5. The molecule has 0 aromatic heterocycles. The molecule has 17 heavy (non-hydrogen) atoms. The predicted molar refractivity (Wildman–Crippen MR) is 66.8 cm³/mol. The van der Waals surface area contributed by atoms with E-state index in [4.69, 9.17) is 4.74 Å². The van der Waals surface area contributed by atoms with Gasteiger partial charge in [-0.1, -0.05) is 18.7 Å². The van der Waals surface area contributed by atoms with Crippen molar-refractivity contribution in [1.82, 2.24) is 0 Å². The highest BCUT2D eigenvalue weighted by atomic mass is 16.6. The summed E-state index contributed by atoms with van der Waals surface area (Å²) in [6.07, 6.45) is 6.94. The van der Waals surface area contributed by atoms with E-state index in [1.807, 2.05) is 13.0 Å². The van der Waals surface area contributed by atoms with E-state index in [-0.39, 0.29) is 5.69 Å². The van der Waals surface area contributed by atoms with Gasteiger partial charge in [-0.05, 0) is 31.2 Å². The highest BCUT2D eigenvalue weighted by Crippen LogP contribution is 2.19. The average molecular weight is 231 g/mol. The summed E-state index contributed by atoms with van der Waals surface area (Å²) in [5.74, 6) is 1.16. The second-order valence-electron chi connectivity index (χ2n) is 3.16. The van der Waals surface area contributed by atoms with E-state index in [1.54, 1.807) is 30.4 Å². The topological polar surface area (TPSA) is 52.4 Å². The Morgan fingerprint density at radius 1 is 1.41 bits per heavy atom. The Bertz CT molecular complexity index is 458. The molecule has 1 aromatic rings. The Labute approximate surface area is 99.7 Å². The average Bonchev–Trinajstić information content (AvgIpc) is 2.30. The molecule has 0 aliphatic rings. The van der Waals surface area contributed by atoms with Crippen LogP contribution in [0.2, 0.25) is 0 Å². The minimum Gasteiger partial charge on any atom is -0.457 e. The lowest BCUT2D eigenvalue weighted by Crippen LogP contribution is -1.92. The van der Waals surface area contributed by atoms with Crippen molar-refractivity contribution in [2.75, 3.05) is 0 Å². The first-order chi connectivity index (χ1) is 8.17. The lowest BCUT2D eigenvalue weighted by atomic mass is 10.3. The number of nitro benzene ring substituents is 1. The van der Waals surface area contributed by atoms with Gasteiger partial charge in [-0.25, -0.2) is 0 Å². The van der Waals surface area contributed by atoms with Crippen LogP contribution in [-0.2, 0) is 0 Å². The molecule has 0 unspecified atom stereocenters. The number of non-ortho nitro benzene ring substituents is 1. The van der Waals surface area contributed by atoms with Crippen molar-refractivity contribution in [3.63, 3.8) is 0 Å². The molecule has 4 nitrogen and oxygen atoms in total. The van der Waals surface area contributed by atoms with Crippen molar-refractivity contribution >= 4 is 5.69 Å². The molecule has 0 spiro atoms. The molecule has 88 valence electrons. The Kier molecular flexibility index (Phi) is 4.69. The second kappa shape index (κ2) is 6.27. The van der Waals surface area contributed by atoms with E-state index in [2.05, 4.69) is 6.58 Å². The molecule has 0 fully saturated rings. The fraction of sp³-hybridized carbons (Fsp3) is 0.0769. The zero-order valence-electron chi connectivity index (χ0n) is 9.50. The van der Waals surface area contributed by atoms with Gasteiger partial charge in [-0.2, -0.15) is 0 Å². The van der Waals surface area contributed by atoms with Crippen molar-refractivity contribution in [3.8, 4) is 5.75 Å². The number of hydrogen-bond acceptors (Lipinski definition) is 3. The van der Waals surface area contributed by atoms with Crippen LogP contribution in [0.25, 0.3) is 0 Å². The zero-order valence-corrected chi connectivity index (χ0v) is 9.50. The monoisotopic (exact) mass is 231 g/mol. The van der Waals surface area contributed by atoms with E-state index in [9.17, 15) is 10.1 Å². The quantitative estimate of drug-likeness (QED) is 0.336. The largest absolute Gasteiger partial charge is 0.457 e. The number of allylic oxidation sites excluding steroid dienone is 4. The third kappa shape index (κ3) is 3.95. The van der Waals surface area contributed by atoms with E-state index < -0.39 is 4.92 Å². The Morgan fingerprint density at radius 3 is 2.53 bits per heavy atom. The van der Waals surface area contributed by atoms with Gasteiger partial charge in [-0.3, -0.25) is 10.1 Å². The summed E-state index contributed by atoms with van der Waals surface area (Å²) < 4.78 is 5.51. The molecule has 4 heteroatoms. The van der Waals surface area contributed by atoms with Gasteiger partial charge in [0.1, 0.15) is 11.5 Å². The molecule has 0 amide bonds. The lowest BCUT2D eigenvalue weighted by molar-refractivity contribution is -0.384. The van der Waals surface area contributed by atoms with Crippen LogP contribution >= 0.6 is 0 Å². The van der Waals surface area contributed by atoms with Crippen LogP contribution in [0.5, 0.6) is 5.75 Å². The minimum absolute atomic E-state index is 0.0395. The highest BCUT2D eigenvalue weighted by molar-refractivity contribution is 5.37. The van der Waals surface area contributed by atoms with Crippen LogP contribution in [0, 0.1) is 10.1 Å². The highest BCUT2D eigenvalue weighted by Gasteiger charge is 2.04. The van der Waals surface area contributed by atoms with Crippen LogP contribution < -0.4 is 4.74 Å². The van der Waals surface area contributed by atoms with Crippen LogP contribution in [0.1, 0.15) is 6.92 Å². The van der Waals surface area contributed by atoms with Crippen molar-refractivity contribution in [2.45, 2.75) is 6.92 Å². The molecule has 0 N–H and O–H groups in total. The van der Waals surface area contributed by atoms with E-state index >= 15 is 0 Å². The van der Waals surface area contributed by atoms with Crippen LogP contribution in [0.15, 0.2) is 60.9 Å². The summed E-state index contributed by atoms with van der Waals surface area (Å²) in [5, 5.41) is 10.5. The first kappa shape index (κ1) is 12.7. The van der Waals surface area contributed by atoms with Gasteiger partial charge in [0, 0.05) is 12.1 Å². The summed E-state index contributed by atoms with van der Waals surface area (Å²) in [6.45, 7) is 5.45. The first-order valence-corrected chi connectivity index (χ1v) is 5.05. The van der Waals surface area contributed by atoms with Crippen LogP contribution in [0.3, 0.4) is 0 Å². The van der Waals surface area contributed by atoms with Gasteiger partial charge < -0.3 is 4.74 Å². The minimum atomic E-state index is -0.448. The number of hydrogen-bond donors (Lipinski definition) is 0. The number of rotatable bonds is 5. The molecular weight excluding hydrogens is 218 g/mol. The molecular formula is C13H13NO3. The van der Waals surface area contributed by atoms with Crippen molar-refractivity contribution in [3.05, 3.63) is 71.0 Å². The molecule has 0 radical (unpaired) electrons. The number of nitro groups is 1. The van der Waals surface area contributed by atoms with E-state index in [1.165, 1.54) is 12.1 Å². The molecule has 0 saturated heterocycles.